The first-order valence-corrected chi connectivity index (χ1v) is 5.79. The van der Waals surface area contributed by atoms with Crippen LogP contribution in [0.3, 0.4) is 0 Å². The number of hydrogen-bond acceptors (Lipinski definition) is 3. The van der Waals surface area contributed by atoms with Crippen LogP contribution in [0.2, 0.25) is 0 Å². The Kier molecular flexibility index (Phi) is 4.93. The highest BCUT2D eigenvalue weighted by Gasteiger charge is 2.29. The van der Waals surface area contributed by atoms with Crippen LogP contribution in [0.5, 0.6) is 0 Å². The fourth-order valence-corrected chi connectivity index (χ4v) is 2.06. The lowest BCUT2D eigenvalue weighted by atomic mass is 9.81. The lowest BCUT2D eigenvalue weighted by Crippen LogP contribution is -2.35. The van der Waals surface area contributed by atoms with Crippen LogP contribution in [0.1, 0.15) is 32.1 Å². The summed E-state index contributed by atoms with van der Waals surface area (Å²) in [5, 5.41) is 11.5. The van der Waals surface area contributed by atoms with Gasteiger partial charge in [0.15, 0.2) is 0 Å². The lowest BCUT2D eigenvalue weighted by Gasteiger charge is -2.25. The van der Waals surface area contributed by atoms with Gasteiger partial charge in [-0.25, -0.2) is 0 Å². The molecule has 1 rings (SSSR count). The zero-order valence-corrected chi connectivity index (χ0v) is 9.65. The van der Waals surface area contributed by atoms with Crippen molar-refractivity contribution >= 4 is 17.8 Å². The average molecular weight is 242 g/mol. The Morgan fingerprint density at radius 2 is 1.65 bits per heavy atom. The zero-order chi connectivity index (χ0) is 12.8. The Morgan fingerprint density at radius 1 is 1.12 bits per heavy atom. The van der Waals surface area contributed by atoms with E-state index in [1.165, 1.54) is 0 Å². The van der Waals surface area contributed by atoms with Crippen LogP contribution < -0.4 is 11.1 Å². The standard InChI is InChI=1S/C11H18N2O4/c12-9(14)5-6-13-10(15)7-1-3-8(4-2-7)11(16)17/h7-8H,1-6H2,(H2,12,14)(H,13,15)(H,16,17). The van der Waals surface area contributed by atoms with Gasteiger partial charge in [0.25, 0.3) is 0 Å². The van der Waals surface area contributed by atoms with Crippen molar-refractivity contribution in [1.82, 2.24) is 5.32 Å². The number of carboxylic acid groups (broad SMARTS) is 1. The summed E-state index contributed by atoms with van der Waals surface area (Å²) in [5.41, 5.74) is 4.95. The molecule has 0 aliphatic heterocycles. The largest absolute Gasteiger partial charge is 0.481 e. The fraction of sp³-hybridized carbons (Fsp3) is 0.727. The van der Waals surface area contributed by atoms with E-state index in [0.717, 1.165) is 0 Å². The molecule has 1 aliphatic rings. The predicted octanol–water partition coefficient (Wildman–Crippen LogP) is -0.131. The predicted molar refractivity (Wildman–Crippen MR) is 59.9 cm³/mol. The fourth-order valence-electron chi connectivity index (χ4n) is 2.06. The molecule has 1 saturated carbocycles. The van der Waals surface area contributed by atoms with E-state index in [2.05, 4.69) is 5.32 Å². The number of nitrogens with one attached hydrogen (secondary N) is 1. The van der Waals surface area contributed by atoms with Crippen LogP contribution in [0.25, 0.3) is 0 Å². The van der Waals surface area contributed by atoms with Crippen LogP contribution in [-0.2, 0) is 14.4 Å². The molecule has 2 amide bonds. The number of amides is 2. The summed E-state index contributed by atoms with van der Waals surface area (Å²) in [6, 6.07) is 0. The number of carbonyl (C=O) groups excluding carboxylic acids is 2. The van der Waals surface area contributed by atoms with Gasteiger partial charge in [0.05, 0.1) is 5.92 Å². The molecule has 1 fully saturated rings. The quantitative estimate of drug-likeness (QED) is 0.623. The average Bonchev–Trinajstić information content (AvgIpc) is 2.28. The maximum atomic E-state index is 11.6. The summed E-state index contributed by atoms with van der Waals surface area (Å²) >= 11 is 0. The summed E-state index contributed by atoms with van der Waals surface area (Å²) < 4.78 is 0. The van der Waals surface area contributed by atoms with Gasteiger partial charge in [-0.2, -0.15) is 0 Å². The minimum atomic E-state index is -0.780. The SMILES string of the molecule is NC(=O)CCNC(=O)C1CCC(C(=O)O)CC1. The Bertz CT molecular complexity index is 309. The summed E-state index contributed by atoms with van der Waals surface area (Å²) in [6.45, 7) is 0.257. The number of carboxylic acids is 1. The number of carbonyl (C=O) groups is 3. The Balaban J connectivity index is 2.26. The molecule has 0 atom stereocenters. The Labute approximate surface area is 99.6 Å². The number of hydrogen-bond donors (Lipinski definition) is 3. The minimum Gasteiger partial charge on any atom is -0.481 e. The summed E-state index contributed by atoms with van der Waals surface area (Å²) in [7, 11) is 0. The number of aliphatic carboxylic acids is 1. The molecule has 17 heavy (non-hydrogen) atoms. The molecule has 0 bridgehead atoms. The van der Waals surface area contributed by atoms with Crippen molar-refractivity contribution in [1.29, 1.82) is 0 Å². The van der Waals surface area contributed by atoms with Gasteiger partial charge in [-0.15, -0.1) is 0 Å². The molecule has 1 aliphatic carbocycles. The lowest BCUT2D eigenvalue weighted by molar-refractivity contribution is -0.144. The topological polar surface area (TPSA) is 109 Å². The van der Waals surface area contributed by atoms with Crippen LogP contribution in [0.15, 0.2) is 0 Å². The van der Waals surface area contributed by atoms with E-state index in [4.69, 9.17) is 10.8 Å². The van der Waals surface area contributed by atoms with Gasteiger partial charge < -0.3 is 16.2 Å². The van der Waals surface area contributed by atoms with Gasteiger partial charge in [-0.1, -0.05) is 0 Å². The van der Waals surface area contributed by atoms with Gasteiger partial charge in [-0.3, -0.25) is 14.4 Å². The zero-order valence-electron chi connectivity index (χ0n) is 9.65. The molecule has 0 unspecified atom stereocenters. The first-order valence-electron chi connectivity index (χ1n) is 5.79. The van der Waals surface area contributed by atoms with E-state index >= 15 is 0 Å². The molecule has 6 heteroatoms. The second-order valence-corrected chi connectivity index (χ2v) is 4.39. The Morgan fingerprint density at radius 3 is 2.12 bits per heavy atom. The van der Waals surface area contributed by atoms with Crippen molar-refractivity contribution in [2.75, 3.05) is 6.54 Å². The minimum absolute atomic E-state index is 0.102. The maximum Gasteiger partial charge on any atom is 0.306 e. The molecular weight excluding hydrogens is 224 g/mol. The van der Waals surface area contributed by atoms with Crippen molar-refractivity contribution < 1.29 is 19.5 Å². The molecule has 0 spiro atoms. The summed E-state index contributed by atoms with van der Waals surface area (Å²) in [5.74, 6) is -1.77. The third-order valence-corrected chi connectivity index (χ3v) is 3.12. The third-order valence-electron chi connectivity index (χ3n) is 3.12. The van der Waals surface area contributed by atoms with E-state index < -0.39 is 11.9 Å². The van der Waals surface area contributed by atoms with Crippen LogP contribution >= 0.6 is 0 Å². The van der Waals surface area contributed by atoms with Crippen molar-refractivity contribution in [2.45, 2.75) is 32.1 Å². The van der Waals surface area contributed by atoms with E-state index in [1.54, 1.807) is 0 Å². The van der Waals surface area contributed by atoms with E-state index in [0.29, 0.717) is 25.7 Å². The molecular formula is C11H18N2O4. The number of nitrogens with two attached hydrogens (primary N) is 1. The van der Waals surface area contributed by atoms with Gasteiger partial charge in [0.1, 0.15) is 0 Å². The summed E-state index contributed by atoms with van der Waals surface area (Å²) in [4.78, 5) is 32.9. The van der Waals surface area contributed by atoms with Gasteiger partial charge >= 0.3 is 5.97 Å². The number of primary amides is 1. The highest BCUT2D eigenvalue weighted by atomic mass is 16.4. The molecule has 0 aromatic rings. The molecule has 0 radical (unpaired) electrons. The molecule has 4 N–H and O–H groups in total. The van der Waals surface area contributed by atoms with Crippen molar-refractivity contribution in [3.8, 4) is 0 Å². The van der Waals surface area contributed by atoms with Crippen molar-refractivity contribution in [3.05, 3.63) is 0 Å². The van der Waals surface area contributed by atoms with E-state index in [9.17, 15) is 14.4 Å². The number of rotatable bonds is 5. The van der Waals surface area contributed by atoms with Crippen LogP contribution in [0, 0.1) is 11.8 Å². The molecule has 6 nitrogen and oxygen atoms in total. The van der Waals surface area contributed by atoms with Crippen molar-refractivity contribution in [2.24, 2.45) is 17.6 Å². The second-order valence-electron chi connectivity index (χ2n) is 4.39. The van der Waals surface area contributed by atoms with Crippen LogP contribution in [0.4, 0.5) is 0 Å². The highest BCUT2D eigenvalue weighted by Crippen LogP contribution is 2.28. The second kappa shape index (κ2) is 6.22. The maximum absolute atomic E-state index is 11.6. The molecule has 0 saturated heterocycles. The van der Waals surface area contributed by atoms with Gasteiger partial charge in [0.2, 0.25) is 11.8 Å². The smallest absolute Gasteiger partial charge is 0.306 e. The monoisotopic (exact) mass is 242 g/mol. The Hall–Kier alpha value is -1.59. The first kappa shape index (κ1) is 13.5. The molecule has 0 aromatic carbocycles. The van der Waals surface area contributed by atoms with E-state index in [-0.39, 0.29) is 30.7 Å². The van der Waals surface area contributed by atoms with Crippen molar-refractivity contribution in [3.63, 3.8) is 0 Å². The summed E-state index contributed by atoms with van der Waals surface area (Å²) in [6.07, 6.45) is 2.42. The highest BCUT2D eigenvalue weighted by molar-refractivity contribution is 5.80. The normalized spacial score (nSPS) is 24.0. The third kappa shape index (κ3) is 4.42. The molecule has 0 aromatic heterocycles. The van der Waals surface area contributed by atoms with Crippen LogP contribution in [-0.4, -0.2) is 29.4 Å². The van der Waals surface area contributed by atoms with E-state index in [1.807, 2.05) is 0 Å². The first-order chi connectivity index (χ1) is 8.00. The molecule has 96 valence electrons. The van der Waals surface area contributed by atoms with Gasteiger partial charge in [0, 0.05) is 18.9 Å². The van der Waals surface area contributed by atoms with Gasteiger partial charge in [-0.05, 0) is 25.7 Å². The molecule has 0 heterocycles.